The van der Waals surface area contributed by atoms with Crippen molar-refractivity contribution in [3.8, 4) is 5.75 Å². The van der Waals surface area contributed by atoms with E-state index in [1.165, 1.54) is 30.1 Å². The fraction of sp³-hybridized carbons (Fsp3) is 0.500. The number of carbonyl (C=O) groups excluding carboxylic acids is 2. The summed E-state index contributed by atoms with van der Waals surface area (Å²) in [4.78, 5) is 31.3. The number of halogens is 4. The summed E-state index contributed by atoms with van der Waals surface area (Å²) in [6.45, 7) is 3.87. The van der Waals surface area contributed by atoms with Gasteiger partial charge in [-0.1, -0.05) is 23.7 Å². The Balaban J connectivity index is 1.52. The number of carbonyl (C=O) groups is 2. The number of ether oxygens (including phenoxy) is 1. The number of anilines is 1. The molecule has 1 fully saturated rings. The second-order valence-electron chi connectivity index (χ2n) is 8.98. The van der Waals surface area contributed by atoms with Crippen molar-refractivity contribution >= 4 is 29.6 Å². The summed E-state index contributed by atoms with van der Waals surface area (Å²) >= 11 is 6.03. The average Bonchev–Trinajstić information content (AvgIpc) is 2.84. The maximum Gasteiger partial charge on any atom is 0.404 e. The van der Waals surface area contributed by atoms with Crippen LogP contribution in [0.4, 0.5) is 19.0 Å². The summed E-state index contributed by atoms with van der Waals surface area (Å²) < 4.78 is 46.9. The minimum atomic E-state index is -4.70. The molecular formula is C26H31ClF3N3O3. The van der Waals surface area contributed by atoms with Crippen LogP contribution in [0.2, 0.25) is 5.15 Å². The highest BCUT2D eigenvalue weighted by molar-refractivity contribution is 6.31. The summed E-state index contributed by atoms with van der Waals surface area (Å²) in [7, 11) is 1.43. The first-order valence-corrected chi connectivity index (χ1v) is 12.4. The largest absolute Gasteiger partial charge is 0.494 e. The molecule has 0 N–H and O–H groups in total. The molecular weight excluding hydrogens is 495 g/mol. The lowest BCUT2D eigenvalue weighted by molar-refractivity contribution is -0.171. The quantitative estimate of drug-likeness (QED) is 0.292. The highest BCUT2D eigenvalue weighted by atomic mass is 35.5. The van der Waals surface area contributed by atoms with Crippen LogP contribution in [0.25, 0.3) is 0 Å². The Hall–Kier alpha value is -2.81. The third-order valence-corrected chi connectivity index (χ3v) is 6.79. The van der Waals surface area contributed by atoms with Gasteiger partial charge in [0, 0.05) is 26.7 Å². The van der Waals surface area contributed by atoms with Crippen molar-refractivity contribution < 1.29 is 27.5 Å². The zero-order valence-corrected chi connectivity index (χ0v) is 21.2. The SMILES string of the molecule is CCOc1cccc(C(C(=O)N(C)CCCC2CCN(c3ccc(C=O)c(Cl)n3)CC2)C(F)(F)F)c1. The second kappa shape index (κ2) is 12.4. The van der Waals surface area contributed by atoms with Crippen molar-refractivity contribution in [2.75, 3.05) is 38.2 Å². The lowest BCUT2D eigenvalue weighted by atomic mass is 9.92. The summed E-state index contributed by atoms with van der Waals surface area (Å²) in [6, 6.07) is 9.07. The second-order valence-corrected chi connectivity index (χ2v) is 9.34. The van der Waals surface area contributed by atoms with Crippen molar-refractivity contribution in [2.45, 2.75) is 44.7 Å². The fourth-order valence-corrected chi connectivity index (χ4v) is 4.71. The smallest absolute Gasteiger partial charge is 0.404 e. The number of nitrogens with zero attached hydrogens (tertiary/aromatic N) is 3. The summed E-state index contributed by atoms with van der Waals surface area (Å²) in [5, 5.41) is 0.180. The van der Waals surface area contributed by atoms with Crippen molar-refractivity contribution in [1.82, 2.24) is 9.88 Å². The number of amides is 1. The summed E-state index contributed by atoms with van der Waals surface area (Å²) in [6.07, 6.45) is -0.787. The van der Waals surface area contributed by atoms with Crippen LogP contribution in [0.3, 0.4) is 0 Å². The van der Waals surface area contributed by atoms with Crippen molar-refractivity contribution in [1.29, 1.82) is 0 Å². The van der Waals surface area contributed by atoms with Crippen LogP contribution in [0.1, 0.15) is 54.4 Å². The number of hydrogen-bond donors (Lipinski definition) is 0. The first kappa shape index (κ1) is 27.8. The molecule has 1 amide bonds. The normalized spacial score (nSPS) is 15.4. The molecule has 0 saturated carbocycles. The van der Waals surface area contributed by atoms with Crippen LogP contribution >= 0.6 is 11.6 Å². The molecule has 10 heteroatoms. The summed E-state index contributed by atoms with van der Waals surface area (Å²) in [5.74, 6) is -1.75. The molecule has 3 rings (SSSR count). The van der Waals surface area contributed by atoms with Crippen molar-refractivity contribution in [3.63, 3.8) is 0 Å². The van der Waals surface area contributed by atoms with Crippen LogP contribution in [-0.4, -0.2) is 61.5 Å². The Morgan fingerprint density at radius 2 is 2.00 bits per heavy atom. The number of aldehydes is 1. The van der Waals surface area contributed by atoms with E-state index in [-0.39, 0.29) is 17.3 Å². The molecule has 1 aliphatic heterocycles. The molecule has 1 unspecified atom stereocenters. The van der Waals surface area contributed by atoms with Gasteiger partial charge in [0.1, 0.15) is 16.7 Å². The summed E-state index contributed by atoms with van der Waals surface area (Å²) in [5.41, 5.74) is 0.233. The van der Waals surface area contributed by atoms with Gasteiger partial charge in [-0.15, -0.1) is 0 Å². The molecule has 1 aromatic carbocycles. The highest BCUT2D eigenvalue weighted by Gasteiger charge is 2.47. The zero-order chi connectivity index (χ0) is 26.3. The van der Waals surface area contributed by atoms with E-state index < -0.39 is 18.0 Å². The Morgan fingerprint density at radius 3 is 2.61 bits per heavy atom. The van der Waals surface area contributed by atoms with Gasteiger partial charge in [0.05, 0.1) is 12.2 Å². The standard InChI is InChI=1S/C26H31ClF3N3O3/c1-3-36-21-8-4-7-19(16-21)23(26(28,29)30)25(35)32(2)13-5-6-18-11-14-33(15-12-18)22-10-9-20(17-34)24(27)31-22/h4,7-10,16-18,23H,3,5-6,11-15H2,1-2H3. The van der Waals surface area contributed by atoms with Gasteiger partial charge in [0.15, 0.2) is 12.2 Å². The van der Waals surface area contributed by atoms with Gasteiger partial charge in [-0.2, -0.15) is 13.2 Å². The number of hydrogen-bond acceptors (Lipinski definition) is 5. The number of pyridine rings is 1. The molecule has 2 heterocycles. The van der Waals surface area contributed by atoms with E-state index in [2.05, 4.69) is 9.88 Å². The molecule has 0 bridgehead atoms. The number of alkyl halides is 3. The Bertz CT molecular complexity index is 1040. The van der Waals surface area contributed by atoms with Gasteiger partial charge in [-0.3, -0.25) is 9.59 Å². The molecule has 6 nitrogen and oxygen atoms in total. The number of aromatic nitrogens is 1. The van der Waals surface area contributed by atoms with Crippen LogP contribution in [0, 0.1) is 5.92 Å². The predicted molar refractivity (Wildman–Crippen MR) is 133 cm³/mol. The lowest BCUT2D eigenvalue weighted by Gasteiger charge is -2.33. The van der Waals surface area contributed by atoms with Gasteiger partial charge < -0.3 is 14.5 Å². The van der Waals surface area contributed by atoms with E-state index >= 15 is 0 Å². The van der Waals surface area contributed by atoms with E-state index in [0.29, 0.717) is 36.5 Å². The topological polar surface area (TPSA) is 62.7 Å². The van der Waals surface area contributed by atoms with E-state index in [9.17, 15) is 22.8 Å². The van der Waals surface area contributed by atoms with E-state index in [1.54, 1.807) is 25.1 Å². The molecule has 0 spiro atoms. The Kier molecular flexibility index (Phi) is 9.59. The first-order valence-electron chi connectivity index (χ1n) is 12.0. The monoisotopic (exact) mass is 525 g/mol. The van der Waals surface area contributed by atoms with Gasteiger partial charge in [0.25, 0.3) is 0 Å². The van der Waals surface area contributed by atoms with Crippen molar-refractivity contribution in [3.05, 3.63) is 52.7 Å². The maximum absolute atomic E-state index is 13.9. The van der Waals surface area contributed by atoms with Crippen LogP contribution < -0.4 is 9.64 Å². The first-order chi connectivity index (χ1) is 17.1. The third-order valence-electron chi connectivity index (χ3n) is 6.49. The zero-order valence-electron chi connectivity index (χ0n) is 20.4. The maximum atomic E-state index is 13.9. The molecule has 196 valence electrons. The molecule has 36 heavy (non-hydrogen) atoms. The Labute approximate surface area is 214 Å². The molecule has 1 atom stereocenters. The number of piperidine rings is 1. The van der Waals surface area contributed by atoms with Crippen molar-refractivity contribution in [2.24, 2.45) is 5.92 Å². The van der Waals surface area contributed by atoms with Crippen LogP contribution in [0.5, 0.6) is 5.75 Å². The van der Waals surface area contributed by atoms with Gasteiger partial charge in [-0.05, 0) is 68.4 Å². The minimum Gasteiger partial charge on any atom is -0.494 e. The van der Waals surface area contributed by atoms with Crippen LogP contribution in [-0.2, 0) is 4.79 Å². The molecule has 1 aliphatic rings. The van der Waals surface area contributed by atoms with Crippen LogP contribution in [0.15, 0.2) is 36.4 Å². The predicted octanol–water partition coefficient (Wildman–Crippen LogP) is 5.75. The van der Waals surface area contributed by atoms with Gasteiger partial charge >= 0.3 is 6.18 Å². The van der Waals surface area contributed by atoms with E-state index in [1.807, 2.05) is 0 Å². The Morgan fingerprint density at radius 1 is 1.28 bits per heavy atom. The number of benzene rings is 1. The molecule has 1 aromatic heterocycles. The number of likely N-dealkylation sites (N-methyl/N-ethyl adjacent to an activating group) is 1. The van der Waals surface area contributed by atoms with Gasteiger partial charge in [-0.25, -0.2) is 4.98 Å². The molecule has 2 aromatic rings. The lowest BCUT2D eigenvalue weighted by Crippen LogP contribution is -2.39. The highest BCUT2D eigenvalue weighted by Crippen LogP contribution is 2.37. The van der Waals surface area contributed by atoms with E-state index in [0.717, 1.165) is 38.2 Å². The molecule has 0 aliphatic carbocycles. The molecule has 1 saturated heterocycles. The van der Waals surface area contributed by atoms with Gasteiger partial charge in [0.2, 0.25) is 5.91 Å². The average molecular weight is 526 g/mol. The van der Waals surface area contributed by atoms with E-state index in [4.69, 9.17) is 16.3 Å². The minimum absolute atomic E-state index is 0.118. The fourth-order valence-electron chi connectivity index (χ4n) is 4.52. The number of rotatable bonds is 10. The molecule has 0 radical (unpaired) electrons. The third kappa shape index (κ3) is 7.12.